The van der Waals surface area contributed by atoms with Gasteiger partial charge in [-0.15, -0.1) is 12.4 Å². The van der Waals surface area contributed by atoms with E-state index in [0.29, 0.717) is 61.1 Å². The van der Waals surface area contributed by atoms with Gasteiger partial charge in [-0.3, -0.25) is 24.4 Å². The number of carbonyl (C=O) groups is 2. The lowest BCUT2D eigenvalue weighted by molar-refractivity contribution is 0.0833. The molecule has 0 bridgehead atoms. The van der Waals surface area contributed by atoms with Crippen LogP contribution in [0, 0.1) is 23.7 Å². The van der Waals surface area contributed by atoms with Gasteiger partial charge in [0.05, 0.1) is 48.1 Å². The maximum atomic E-state index is 13.8. The molecule has 0 radical (unpaired) electrons. The van der Waals surface area contributed by atoms with E-state index in [1.807, 2.05) is 113 Å². The van der Waals surface area contributed by atoms with Crippen molar-refractivity contribution >= 4 is 62.4 Å². The summed E-state index contributed by atoms with van der Waals surface area (Å²) in [5.41, 5.74) is 14.4. The summed E-state index contributed by atoms with van der Waals surface area (Å²) >= 11 is 0. The van der Waals surface area contributed by atoms with Gasteiger partial charge in [0.25, 0.3) is 0 Å². The van der Waals surface area contributed by atoms with Crippen molar-refractivity contribution in [1.82, 2.24) is 48.8 Å². The molecule has 436 valence electrons. The van der Waals surface area contributed by atoms with Crippen LogP contribution in [0.2, 0.25) is 51.4 Å². The van der Waals surface area contributed by atoms with E-state index < -0.39 is 22.1 Å². The van der Waals surface area contributed by atoms with E-state index in [1.54, 1.807) is 18.3 Å². The maximum absolute atomic E-state index is 13.8. The van der Waals surface area contributed by atoms with Crippen LogP contribution in [0.25, 0.3) is 44.8 Å². The summed E-state index contributed by atoms with van der Waals surface area (Å²) in [6, 6.07) is 32.8. The predicted octanol–water partition coefficient (Wildman–Crippen LogP) is 12.1. The van der Waals surface area contributed by atoms with Gasteiger partial charge in [0, 0.05) is 103 Å². The second-order valence-corrected chi connectivity index (χ2v) is 35.8. The molecule has 2 saturated heterocycles. The molecule has 19 heteroatoms. The Hall–Kier alpha value is -6.23. The summed E-state index contributed by atoms with van der Waals surface area (Å²) in [7, 11) is -2.20. The van der Waals surface area contributed by atoms with Crippen LogP contribution in [0.1, 0.15) is 53.1 Å². The van der Waals surface area contributed by atoms with Crippen molar-refractivity contribution in [3.63, 3.8) is 0 Å². The van der Waals surface area contributed by atoms with Gasteiger partial charge in [-0.05, 0) is 85.5 Å². The molecule has 2 fully saturated rings. The SMILES string of the molecule is C[C@H]1C[C@H](Cc2ncccc2-c2cnc3c(ccn3COCC[Si](C)(C)C)n2)CN(CC(=O)c2ccccc2)C1.C[C@H]1C[C@H](N)CN(CC(=O)c2ccccc2)C1.C[Si](C)(C)CCOCn1ccc2nc(-c3cccnc3F)cnc21.Cl. The molecule has 2 aliphatic rings. The monoisotopic (exact) mass is 1170 g/mol. The van der Waals surface area contributed by atoms with Gasteiger partial charge in [0.1, 0.15) is 24.5 Å². The van der Waals surface area contributed by atoms with Crippen molar-refractivity contribution < 1.29 is 23.5 Å². The summed E-state index contributed by atoms with van der Waals surface area (Å²) in [5.74, 6) is 1.36. The summed E-state index contributed by atoms with van der Waals surface area (Å²) in [4.78, 5) is 56.5. The van der Waals surface area contributed by atoms with Gasteiger partial charge in [-0.25, -0.2) is 24.9 Å². The molecular formula is C63H83ClFN11O4Si2. The van der Waals surface area contributed by atoms with Crippen LogP contribution in [-0.4, -0.2) is 135 Å². The Morgan fingerprint density at radius 2 is 1.07 bits per heavy atom. The average Bonchev–Trinajstić information content (AvgIpc) is 4.19. The Balaban J connectivity index is 0.000000195. The van der Waals surface area contributed by atoms with E-state index in [9.17, 15) is 14.0 Å². The average molecular weight is 1170 g/mol. The van der Waals surface area contributed by atoms with Gasteiger partial charge in [0.2, 0.25) is 5.95 Å². The largest absolute Gasteiger partial charge is 0.361 e. The lowest BCUT2D eigenvalue weighted by Gasteiger charge is -2.36. The van der Waals surface area contributed by atoms with Crippen molar-refractivity contribution in [2.45, 2.75) is 104 Å². The molecule has 2 aliphatic heterocycles. The number of aromatic nitrogens is 8. The molecule has 10 rings (SSSR count). The first-order valence-corrected chi connectivity index (χ1v) is 36.0. The van der Waals surface area contributed by atoms with E-state index in [0.717, 1.165) is 116 Å². The lowest BCUT2D eigenvalue weighted by atomic mass is 9.86. The molecular weight excluding hydrogens is 1090 g/mol. The van der Waals surface area contributed by atoms with Crippen LogP contribution in [-0.2, 0) is 29.4 Å². The van der Waals surface area contributed by atoms with E-state index in [-0.39, 0.29) is 30.0 Å². The van der Waals surface area contributed by atoms with Crippen LogP contribution in [0.15, 0.2) is 134 Å². The topological polar surface area (TPSA) is 172 Å². The number of hydrogen-bond acceptors (Lipinski definition) is 13. The van der Waals surface area contributed by atoms with Gasteiger partial charge >= 0.3 is 0 Å². The minimum absolute atomic E-state index is 0. The number of fused-ring (bicyclic) bond motifs is 2. The fourth-order valence-electron chi connectivity index (χ4n) is 10.5. The van der Waals surface area contributed by atoms with Gasteiger partial charge in [-0.1, -0.05) is 114 Å². The zero-order valence-corrected chi connectivity index (χ0v) is 51.9. The van der Waals surface area contributed by atoms with Gasteiger partial charge in [-0.2, -0.15) is 4.39 Å². The first kappa shape index (κ1) is 63.4. The molecule has 2 aromatic carbocycles. The van der Waals surface area contributed by atoms with Crippen molar-refractivity contribution in [2.24, 2.45) is 23.5 Å². The van der Waals surface area contributed by atoms with E-state index in [4.69, 9.17) is 30.2 Å². The summed E-state index contributed by atoms with van der Waals surface area (Å²) in [6.07, 6.45) is 13.6. The molecule has 0 spiro atoms. The number of hydrogen-bond donors (Lipinski definition) is 1. The summed E-state index contributed by atoms with van der Waals surface area (Å²) < 4.78 is 29.4. The highest BCUT2D eigenvalue weighted by molar-refractivity contribution is 6.76. The highest BCUT2D eigenvalue weighted by Gasteiger charge is 2.28. The van der Waals surface area contributed by atoms with E-state index in [2.05, 4.69) is 83.9 Å². The van der Waals surface area contributed by atoms with Crippen molar-refractivity contribution in [1.29, 1.82) is 0 Å². The predicted molar refractivity (Wildman–Crippen MR) is 334 cm³/mol. The maximum Gasteiger partial charge on any atom is 0.222 e. The normalized spacial score (nSPS) is 17.8. The molecule has 0 saturated carbocycles. The number of halogens is 2. The highest BCUT2D eigenvalue weighted by atomic mass is 35.5. The van der Waals surface area contributed by atoms with E-state index in [1.165, 1.54) is 6.20 Å². The minimum atomic E-state index is -1.11. The third kappa shape index (κ3) is 18.9. The summed E-state index contributed by atoms with van der Waals surface area (Å²) in [5, 5.41) is 0. The van der Waals surface area contributed by atoms with Crippen LogP contribution in [0.5, 0.6) is 0 Å². The lowest BCUT2D eigenvalue weighted by Crippen LogP contribution is -2.47. The number of nitrogens with zero attached hydrogens (tertiary/aromatic N) is 10. The molecule has 6 aromatic heterocycles. The zero-order valence-electron chi connectivity index (χ0n) is 49.1. The summed E-state index contributed by atoms with van der Waals surface area (Å²) in [6.45, 7) is 25.6. The third-order valence-electron chi connectivity index (χ3n) is 14.6. The minimum Gasteiger partial charge on any atom is -0.361 e. The number of piperidine rings is 2. The quantitative estimate of drug-likeness (QED) is 0.0331. The van der Waals surface area contributed by atoms with Crippen LogP contribution < -0.4 is 5.73 Å². The zero-order chi connectivity index (χ0) is 57.5. The van der Waals surface area contributed by atoms with E-state index >= 15 is 0 Å². The Kier molecular flexibility index (Phi) is 23.1. The molecule has 0 unspecified atom stereocenters. The fraction of sp³-hybridized carbons (Fsp3) is 0.429. The molecule has 8 heterocycles. The van der Waals surface area contributed by atoms with Crippen LogP contribution >= 0.6 is 12.4 Å². The standard InChI is InChI=1S/C32H41N5O2Si.C17H21FN4OSi.C14H20N2O.ClH/c1-24-17-25(21-36(20-24)22-31(38)26-9-6-5-7-10-26)18-29-27(11-8-13-33-29)30-19-34-32-28(35-30)12-14-37(32)23-39-15-16-40(2,3)4;1-24(2,3)10-9-23-12-22-8-6-14-17(22)20-11-15(21-14)13-5-4-7-19-16(13)18;1-11-7-13(15)9-16(8-11)10-14(17)12-5-3-2-4-6-12;/h5-14,19,24-25H,15-18,20-23H2,1-4H3;4-8,11H,9-10,12H2,1-3H3;2-6,11,13H,7-10,15H2,1H3;1H/t24-,25+;;11-,13-;/m0.0./s1. The molecule has 4 atom stereocenters. The number of benzene rings is 2. The number of Topliss-reactive ketones (excluding diaryl/α,β-unsaturated/α-hetero) is 2. The number of pyridine rings is 2. The number of nitrogens with two attached hydrogens (primary N) is 1. The molecule has 8 aromatic rings. The van der Waals surface area contributed by atoms with Crippen molar-refractivity contribution in [3.8, 4) is 22.5 Å². The first-order valence-electron chi connectivity index (χ1n) is 28.6. The fourth-order valence-corrected chi connectivity index (χ4v) is 12.0. The third-order valence-corrected chi connectivity index (χ3v) is 18.0. The number of carbonyl (C=O) groups excluding carboxylic acids is 2. The van der Waals surface area contributed by atoms with Crippen molar-refractivity contribution in [2.75, 3.05) is 52.5 Å². The molecule has 2 N–H and O–H groups in total. The van der Waals surface area contributed by atoms with Crippen LogP contribution in [0.3, 0.4) is 0 Å². The molecule has 0 amide bonds. The second kappa shape index (κ2) is 29.8. The molecule has 0 aliphatic carbocycles. The number of likely N-dealkylation sites (tertiary alicyclic amines) is 2. The Morgan fingerprint density at radius 1 is 0.598 bits per heavy atom. The second-order valence-electron chi connectivity index (χ2n) is 24.5. The van der Waals surface area contributed by atoms with Gasteiger partial charge in [0.15, 0.2) is 22.9 Å². The van der Waals surface area contributed by atoms with Gasteiger partial charge < -0.3 is 24.3 Å². The molecule has 82 heavy (non-hydrogen) atoms. The smallest absolute Gasteiger partial charge is 0.222 e. The number of rotatable bonds is 20. The number of ketones is 2. The Morgan fingerprint density at radius 3 is 1.57 bits per heavy atom. The molecule has 15 nitrogen and oxygen atoms in total. The highest BCUT2D eigenvalue weighted by Crippen LogP contribution is 2.30. The Bertz CT molecular complexity index is 3290. The van der Waals surface area contributed by atoms with Crippen molar-refractivity contribution in [3.05, 3.63) is 157 Å². The van der Waals surface area contributed by atoms with Crippen LogP contribution in [0.4, 0.5) is 4.39 Å². The number of ether oxygens (including phenoxy) is 2. The Labute approximate surface area is 491 Å². The first-order chi connectivity index (χ1) is 38.8.